The largest absolute Gasteiger partial charge is 0.464 e. The summed E-state index contributed by atoms with van der Waals surface area (Å²) in [4.78, 5) is 11.5. The Kier molecular flexibility index (Phi) is 3.80. The van der Waals surface area contributed by atoms with Crippen LogP contribution in [0.2, 0.25) is 0 Å². The summed E-state index contributed by atoms with van der Waals surface area (Å²) in [6.07, 6.45) is 1.52. The van der Waals surface area contributed by atoms with Gasteiger partial charge in [0.05, 0.1) is 12.5 Å². The summed E-state index contributed by atoms with van der Waals surface area (Å²) >= 11 is 0. The molecule has 0 aliphatic carbocycles. The van der Waals surface area contributed by atoms with Crippen LogP contribution in [0.1, 0.15) is 42.0 Å². The van der Waals surface area contributed by atoms with Gasteiger partial charge in [0.25, 0.3) is 0 Å². The maximum atomic E-state index is 11.5. The van der Waals surface area contributed by atoms with Gasteiger partial charge in [-0.2, -0.15) is 0 Å². The van der Waals surface area contributed by atoms with Crippen LogP contribution in [0.5, 0.6) is 0 Å². The van der Waals surface area contributed by atoms with Crippen molar-refractivity contribution in [3.8, 4) is 0 Å². The highest BCUT2D eigenvalue weighted by molar-refractivity contribution is 5.99. The van der Waals surface area contributed by atoms with E-state index in [4.69, 9.17) is 4.42 Å². The Labute approximate surface area is 124 Å². The molecule has 1 aromatic carbocycles. The number of nitrogens with one attached hydrogen (secondary N) is 2. The van der Waals surface area contributed by atoms with Crippen molar-refractivity contribution in [2.45, 2.75) is 32.7 Å². The fraction of sp³-hybridized carbons (Fsp3) is 0.353. The molecular weight excluding hydrogens is 264 g/mol. The lowest BCUT2D eigenvalue weighted by atomic mass is 10.0. The van der Waals surface area contributed by atoms with E-state index in [2.05, 4.69) is 29.7 Å². The third kappa shape index (κ3) is 2.85. The molecule has 0 bridgehead atoms. The number of hydrogen-bond donors (Lipinski definition) is 2. The maximum Gasteiger partial charge on any atom is 0.228 e. The molecule has 0 saturated heterocycles. The summed E-state index contributed by atoms with van der Waals surface area (Å²) in [7, 11) is 0. The van der Waals surface area contributed by atoms with Crippen LogP contribution in [0.3, 0.4) is 0 Å². The highest BCUT2D eigenvalue weighted by Crippen LogP contribution is 2.30. The summed E-state index contributed by atoms with van der Waals surface area (Å²) in [6.45, 7) is 5.01. The highest BCUT2D eigenvalue weighted by Gasteiger charge is 2.22. The minimum Gasteiger partial charge on any atom is -0.464 e. The van der Waals surface area contributed by atoms with Crippen molar-refractivity contribution in [3.63, 3.8) is 0 Å². The van der Waals surface area contributed by atoms with Crippen LogP contribution in [0.15, 0.2) is 34.7 Å². The molecule has 1 amide bonds. The van der Waals surface area contributed by atoms with Gasteiger partial charge in [0.15, 0.2) is 0 Å². The average molecular weight is 284 g/mol. The van der Waals surface area contributed by atoms with Crippen molar-refractivity contribution in [3.05, 3.63) is 53.0 Å². The molecule has 1 atom stereocenters. The number of rotatable bonds is 5. The van der Waals surface area contributed by atoms with Crippen LogP contribution < -0.4 is 10.6 Å². The molecule has 110 valence electrons. The quantitative estimate of drug-likeness (QED) is 0.886. The first-order valence-electron chi connectivity index (χ1n) is 7.39. The standard InChI is InChI=1S/C17H20N2O2/c1-3-8-18-17(15-7-4-11(2)21-15)12-5-6-14-13(9-12)10-16(20)19-14/h4-7,9,17-18H,3,8,10H2,1-2H3,(H,19,20). The first-order chi connectivity index (χ1) is 10.2. The molecule has 1 aromatic heterocycles. The molecule has 3 rings (SSSR count). The average Bonchev–Trinajstić information content (AvgIpc) is 3.04. The molecule has 0 fully saturated rings. The van der Waals surface area contributed by atoms with Gasteiger partial charge >= 0.3 is 0 Å². The summed E-state index contributed by atoms with van der Waals surface area (Å²) in [5.41, 5.74) is 3.12. The van der Waals surface area contributed by atoms with E-state index in [0.29, 0.717) is 6.42 Å². The number of carbonyl (C=O) groups excluding carboxylic acids is 1. The zero-order valence-corrected chi connectivity index (χ0v) is 12.4. The van der Waals surface area contributed by atoms with Crippen LogP contribution in [-0.2, 0) is 11.2 Å². The number of benzene rings is 1. The summed E-state index contributed by atoms with van der Waals surface area (Å²) < 4.78 is 5.79. The Bertz CT molecular complexity index is 661. The Hall–Kier alpha value is -2.07. The van der Waals surface area contributed by atoms with Gasteiger partial charge in [-0.25, -0.2) is 0 Å². The van der Waals surface area contributed by atoms with Gasteiger partial charge in [-0.05, 0) is 49.2 Å². The fourth-order valence-corrected chi connectivity index (χ4v) is 2.71. The number of amides is 1. The second-order valence-corrected chi connectivity index (χ2v) is 5.48. The molecule has 1 aliphatic rings. The van der Waals surface area contributed by atoms with Crippen LogP contribution in [-0.4, -0.2) is 12.5 Å². The number of carbonyl (C=O) groups is 1. The van der Waals surface area contributed by atoms with E-state index in [-0.39, 0.29) is 11.9 Å². The van der Waals surface area contributed by atoms with Gasteiger partial charge in [0.1, 0.15) is 11.5 Å². The summed E-state index contributed by atoms with van der Waals surface area (Å²) in [5, 5.41) is 6.39. The second-order valence-electron chi connectivity index (χ2n) is 5.48. The van der Waals surface area contributed by atoms with Crippen molar-refractivity contribution in [2.24, 2.45) is 0 Å². The van der Waals surface area contributed by atoms with Crippen LogP contribution in [0.4, 0.5) is 5.69 Å². The molecule has 2 aromatic rings. The summed E-state index contributed by atoms with van der Waals surface area (Å²) in [5.74, 6) is 1.89. The second kappa shape index (κ2) is 5.74. The van der Waals surface area contributed by atoms with Crippen molar-refractivity contribution in [2.75, 3.05) is 11.9 Å². The molecule has 0 spiro atoms. The minimum atomic E-state index is 0.0275. The molecule has 4 nitrogen and oxygen atoms in total. The Morgan fingerprint density at radius 1 is 1.33 bits per heavy atom. The van der Waals surface area contributed by atoms with E-state index in [1.165, 1.54) is 0 Å². The number of hydrogen-bond acceptors (Lipinski definition) is 3. The van der Waals surface area contributed by atoms with Crippen LogP contribution in [0.25, 0.3) is 0 Å². The molecule has 21 heavy (non-hydrogen) atoms. The van der Waals surface area contributed by atoms with E-state index in [1.54, 1.807) is 0 Å². The van der Waals surface area contributed by atoms with E-state index in [9.17, 15) is 4.79 Å². The fourth-order valence-electron chi connectivity index (χ4n) is 2.71. The molecule has 0 saturated carbocycles. The van der Waals surface area contributed by atoms with Gasteiger partial charge < -0.3 is 15.1 Å². The van der Waals surface area contributed by atoms with E-state index >= 15 is 0 Å². The molecule has 0 radical (unpaired) electrons. The van der Waals surface area contributed by atoms with Gasteiger partial charge in [0.2, 0.25) is 5.91 Å². The molecule has 1 unspecified atom stereocenters. The monoisotopic (exact) mass is 284 g/mol. The number of anilines is 1. The van der Waals surface area contributed by atoms with Crippen molar-refractivity contribution >= 4 is 11.6 Å². The Morgan fingerprint density at radius 3 is 2.90 bits per heavy atom. The van der Waals surface area contributed by atoms with Gasteiger partial charge in [-0.1, -0.05) is 19.1 Å². The van der Waals surface area contributed by atoms with E-state index < -0.39 is 0 Å². The van der Waals surface area contributed by atoms with Crippen LogP contribution in [0, 0.1) is 6.92 Å². The van der Waals surface area contributed by atoms with Crippen molar-refractivity contribution in [1.29, 1.82) is 0 Å². The Morgan fingerprint density at radius 2 is 2.19 bits per heavy atom. The third-order valence-electron chi connectivity index (χ3n) is 3.73. The smallest absolute Gasteiger partial charge is 0.228 e. The van der Waals surface area contributed by atoms with Gasteiger partial charge in [-0.3, -0.25) is 4.79 Å². The molecule has 1 aliphatic heterocycles. The normalized spacial score (nSPS) is 14.9. The van der Waals surface area contributed by atoms with Gasteiger partial charge in [0, 0.05) is 5.69 Å². The van der Waals surface area contributed by atoms with E-state index in [0.717, 1.165) is 41.3 Å². The third-order valence-corrected chi connectivity index (χ3v) is 3.73. The molecular formula is C17H20N2O2. The van der Waals surface area contributed by atoms with Crippen LogP contribution >= 0.6 is 0 Å². The van der Waals surface area contributed by atoms with E-state index in [1.807, 2.05) is 25.1 Å². The number of fused-ring (bicyclic) bond motifs is 1. The maximum absolute atomic E-state index is 11.5. The molecule has 2 N–H and O–H groups in total. The van der Waals surface area contributed by atoms with Crippen molar-refractivity contribution in [1.82, 2.24) is 5.32 Å². The number of furan rings is 1. The lowest BCUT2D eigenvalue weighted by Gasteiger charge is -2.17. The lowest BCUT2D eigenvalue weighted by Crippen LogP contribution is -2.22. The minimum absolute atomic E-state index is 0.0275. The lowest BCUT2D eigenvalue weighted by molar-refractivity contribution is -0.115. The number of aryl methyl sites for hydroxylation is 1. The first kappa shape index (κ1) is 13.9. The predicted molar refractivity (Wildman–Crippen MR) is 82.4 cm³/mol. The zero-order valence-electron chi connectivity index (χ0n) is 12.4. The molecule has 2 heterocycles. The zero-order chi connectivity index (χ0) is 14.8. The van der Waals surface area contributed by atoms with Gasteiger partial charge in [-0.15, -0.1) is 0 Å². The topological polar surface area (TPSA) is 54.3 Å². The summed E-state index contributed by atoms with van der Waals surface area (Å²) in [6, 6.07) is 10.1. The first-order valence-corrected chi connectivity index (χ1v) is 7.39. The molecule has 4 heteroatoms. The Balaban J connectivity index is 1.93. The van der Waals surface area contributed by atoms with Crippen molar-refractivity contribution < 1.29 is 9.21 Å². The predicted octanol–water partition coefficient (Wildman–Crippen LogP) is 3.17. The highest BCUT2D eigenvalue weighted by atomic mass is 16.3. The SMILES string of the molecule is CCCNC(c1ccc2c(c1)CC(=O)N2)c1ccc(C)o1.